The average Bonchev–Trinajstić information content (AvgIpc) is 2.95. The number of nitrogens with zero attached hydrogens (tertiary/aromatic N) is 4. The second-order valence-corrected chi connectivity index (χ2v) is 7.05. The molecule has 8 nitrogen and oxygen atoms in total. The second-order valence-electron chi connectivity index (χ2n) is 4.97. The average molecular weight is 315 g/mol. The topological polar surface area (TPSA) is 99.3 Å². The molecule has 0 atom stereocenters. The first-order chi connectivity index (χ1) is 9.97. The number of sulfonamides is 1. The smallest absolute Gasteiger partial charge is 0.293 e. The maximum absolute atomic E-state index is 12.2. The molecule has 9 heteroatoms. The van der Waals surface area contributed by atoms with Crippen LogP contribution in [0.3, 0.4) is 0 Å². The molecular weight excluding hydrogens is 294 g/mol. The lowest BCUT2D eigenvalue weighted by Crippen LogP contribution is -2.51. The zero-order chi connectivity index (χ0) is 15.5. The number of carbonyl (C=O) groups excluding carboxylic acids is 1. The van der Waals surface area contributed by atoms with Crippen molar-refractivity contribution in [2.24, 2.45) is 0 Å². The Morgan fingerprint density at radius 3 is 2.43 bits per heavy atom. The van der Waals surface area contributed by atoms with E-state index < -0.39 is 10.0 Å². The maximum Gasteiger partial charge on any atom is 0.293 e. The summed E-state index contributed by atoms with van der Waals surface area (Å²) in [4.78, 5) is 17.9. The van der Waals surface area contributed by atoms with Gasteiger partial charge < -0.3 is 4.90 Å². The number of hydrogen-bond acceptors (Lipinski definition) is 5. The van der Waals surface area contributed by atoms with Gasteiger partial charge in [-0.3, -0.25) is 9.89 Å². The molecule has 0 bridgehead atoms. The van der Waals surface area contributed by atoms with E-state index in [1.165, 1.54) is 4.31 Å². The molecule has 1 N–H and O–H groups in total. The van der Waals surface area contributed by atoms with E-state index in [0.717, 1.165) is 0 Å². The third-order valence-corrected chi connectivity index (χ3v) is 5.52. The van der Waals surface area contributed by atoms with Crippen molar-refractivity contribution in [1.82, 2.24) is 24.4 Å². The Balaban J connectivity index is 1.96. The molecule has 0 radical (unpaired) electrons. The van der Waals surface area contributed by atoms with Gasteiger partial charge in [0.25, 0.3) is 5.91 Å². The van der Waals surface area contributed by atoms with Crippen LogP contribution < -0.4 is 0 Å². The maximum atomic E-state index is 12.2. The van der Waals surface area contributed by atoms with Gasteiger partial charge in [-0.1, -0.05) is 13.8 Å². The third kappa shape index (κ3) is 3.59. The van der Waals surface area contributed by atoms with Gasteiger partial charge >= 0.3 is 0 Å². The number of rotatable bonds is 5. The lowest BCUT2D eigenvalue weighted by molar-refractivity contribution is 0.0686. The summed E-state index contributed by atoms with van der Waals surface area (Å²) >= 11 is 0. The SMILES string of the molecule is CCCS(=O)(=O)N1CCN(C(=O)c2n[nH]c(CC)n2)CC1. The monoisotopic (exact) mass is 315 g/mol. The number of hydrogen-bond donors (Lipinski definition) is 1. The summed E-state index contributed by atoms with van der Waals surface area (Å²) in [6.45, 7) is 5.17. The molecule has 2 heterocycles. The van der Waals surface area contributed by atoms with Gasteiger partial charge in [-0.25, -0.2) is 13.4 Å². The van der Waals surface area contributed by atoms with Crippen molar-refractivity contribution in [2.75, 3.05) is 31.9 Å². The number of carbonyl (C=O) groups is 1. The molecule has 1 fully saturated rings. The summed E-state index contributed by atoms with van der Waals surface area (Å²) in [5.74, 6) is 0.722. The normalized spacial score (nSPS) is 17.1. The molecule has 1 aromatic rings. The highest BCUT2D eigenvalue weighted by Crippen LogP contribution is 2.11. The third-order valence-electron chi connectivity index (χ3n) is 3.44. The van der Waals surface area contributed by atoms with Crippen molar-refractivity contribution in [3.8, 4) is 0 Å². The Bertz CT molecular complexity index is 590. The molecule has 1 saturated heterocycles. The van der Waals surface area contributed by atoms with Crippen LogP contribution in [-0.4, -0.2) is 70.6 Å². The lowest BCUT2D eigenvalue weighted by Gasteiger charge is -2.33. The number of piperazine rings is 1. The van der Waals surface area contributed by atoms with Gasteiger partial charge in [-0.15, -0.1) is 5.10 Å². The van der Waals surface area contributed by atoms with Crippen molar-refractivity contribution in [2.45, 2.75) is 26.7 Å². The summed E-state index contributed by atoms with van der Waals surface area (Å²) in [5.41, 5.74) is 0. The summed E-state index contributed by atoms with van der Waals surface area (Å²) in [5, 5.41) is 6.61. The molecule has 0 spiro atoms. The van der Waals surface area contributed by atoms with E-state index in [4.69, 9.17) is 0 Å². The number of H-pyrrole nitrogens is 1. The first-order valence-corrected chi connectivity index (χ1v) is 8.77. The molecular formula is C12H21N5O3S. The Morgan fingerprint density at radius 1 is 1.24 bits per heavy atom. The Labute approximate surface area is 124 Å². The van der Waals surface area contributed by atoms with Gasteiger partial charge in [0.1, 0.15) is 5.82 Å². The zero-order valence-electron chi connectivity index (χ0n) is 12.4. The van der Waals surface area contributed by atoms with Crippen molar-refractivity contribution in [3.05, 3.63) is 11.6 Å². The quantitative estimate of drug-likeness (QED) is 0.815. The van der Waals surface area contributed by atoms with Crippen LogP contribution in [0.5, 0.6) is 0 Å². The molecule has 2 rings (SSSR count). The Hall–Kier alpha value is -1.48. The van der Waals surface area contributed by atoms with E-state index in [1.54, 1.807) is 4.90 Å². The van der Waals surface area contributed by atoms with Crippen molar-refractivity contribution < 1.29 is 13.2 Å². The zero-order valence-corrected chi connectivity index (χ0v) is 13.2. The minimum Gasteiger partial charge on any atom is -0.333 e. The number of aromatic nitrogens is 3. The number of amides is 1. The highest BCUT2D eigenvalue weighted by molar-refractivity contribution is 7.89. The van der Waals surface area contributed by atoms with Gasteiger partial charge in [0.2, 0.25) is 15.8 Å². The fraction of sp³-hybridized carbons (Fsp3) is 0.750. The lowest BCUT2D eigenvalue weighted by atomic mass is 10.3. The van der Waals surface area contributed by atoms with Crippen molar-refractivity contribution in [1.29, 1.82) is 0 Å². The molecule has 0 aliphatic carbocycles. The highest BCUT2D eigenvalue weighted by Gasteiger charge is 2.29. The van der Waals surface area contributed by atoms with E-state index in [1.807, 2.05) is 13.8 Å². The fourth-order valence-electron chi connectivity index (χ4n) is 2.25. The molecule has 118 valence electrons. The Morgan fingerprint density at radius 2 is 1.90 bits per heavy atom. The van der Waals surface area contributed by atoms with Crippen molar-refractivity contribution >= 4 is 15.9 Å². The van der Waals surface area contributed by atoms with Crippen molar-refractivity contribution in [3.63, 3.8) is 0 Å². The van der Waals surface area contributed by atoms with Gasteiger partial charge in [0.05, 0.1) is 5.75 Å². The van der Waals surface area contributed by atoms with Crippen LogP contribution in [0.1, 0.15) is 36.7 Å². The molecule has 1 aromatic heterocycles. The first kappa shape index (κ1) is 15.9. The number of aryl methyl sites for hydroxylation is 1. The first-order valence-electron chi connectivity index (χ1n) is 7.16. The predicted molar refractivity (Wildman–Crippen MR) is 77.3 cm³/mol. The minimum absolute atomic E-state index is 0.150. The van der Waals surface area contributed by atoms with Crippen LogP contribution in [0.15, 0.2) is 0 Å². The number of nitrogens with one attached hydrogen (secondary N) is 1. The number of aromatic amines is 1. The standard InChI is InChI=1S/C12H21N5O3S/c1-3-9-21(19,20)17-7-5-16(6-8-17)12(18)11-13-10(4-2)14-15-11/h3-9H2,1-2H3,(H,13,14,15). The van der Waals surface area contributed by atoms with E-state index in [-0.39, 0.29) is 17.5 Å². The summed E-state index contributed by atoms with van der Waals surface area (Å²) in [6.07, 6.45) is 1.28. The van der Waals surface area contributed by atoms with Gasteiger partial charge in [-0.05, 0) is 6.42 Å². The molecule has 1 amide bonds. The molecule has 0 aromatic carbocycles. The predicted octanol–water partition coefficient (Wildman–Crippen LogP) is -0.135. The molecule has 21 heavy (non-hydrogen) atoms. The van der Waals surface area contributed by atoms with E-state index in [2.05, 4.69) is 15.2 Å². The van der Waals surface area contributed by atoms with Crippen LogP contribution in [0.4, 0.5) is 0 Å². The fourth-order valence-corrected chi connectivity index (χ4v) is 3.74. The van der Waals surface area contributed by atoms with E-state index in [0.29, 0.717) is 44.8 Å². The molecule has 1 aliphatic heterocycles. The van der Waals surface area contributed by atoms with Crippen LogP contribution in [0.2, 0.25) is 0 Å². The molecule has 0 saturated carbocycles. The van der Waals surface area contributed by atoms with E-state index >= 15 is 0 Å². The summed E-state index contributed by atoms with van der Waals surface area (Å²) in [6, 6.07) is 0. The van der Waals surface area contributed by atoms with Crippen LogP contribution in [-0.2, 0) is 16.4 Å². The Kier molecular flexibility index (Phi) is 4.94. The van der Waals surface area contributed by atoms with Crippen LogP contribution >= 0.6 is 0 Å². The summed E-state index contributed by atoms with van der Waals surface area (Å²) < 4.78 is 25.4. The highest BCUT2D eigenvalue weighted by atomic mass is 32.2. The van der Waals surface area contributed by atoms with Crippen LogP contribution in [0, 0.1) is 0 Å². The second kappa shape index (κ2) is 6.52. The minimum atomic E-state index is -3.19. The van der Waals surface area contributed by atoms with Crippen LogP contribution in [0.25, 0.3) is 0 Å². The molecule has 1 aliphatic rings. The molecule has 0 unspecified atom stereocenters. The largest absolute Gasteiger partial charge is 0.333 e. The van der Waals surface area contributed by atoms with Gasteiger partial charge in [-0.2, -0.15) is 4.31 Å². The summed E-state index contributed by atoms with van der Waals surface area (Å²) in [7, 11) is -3.19. The van der Waals surface area contributed by atoms with E-state index in [9.17, 15) is 13.2 Å². The van der Waals surface area contributed by atoms with Gasteiger partial charge in [0, 0.05) is 32.6 Å². The van der Waals surface area contributed by atoms with Gasteiger partial charge in [0.15, 0.2) is 0 Å².